The fourth-order valence-electron chi connectivity index (χ4n) is 3.98. The van der Waals surface area contributed by atoms with Gasteiger partial charge in [-0.15, -0.1) is 0 Å². The molecular formula is C20H22F3N3O2S. The molecule has 2 heterocycles. The molecule has 5 nitrogen and oxygen atoms in total. The van der Waals surface area contributed by atoms with Crippen molar-refractivity contribution in [1.29, 1.82) is 0 Å². The molecule has 2 aliphatic heterocycles. The summed E-state index contributed by atoms with van der Waals surface area (Å²) in [6, 6.07) is 4.60. The Morgan fingerprint density at radius 2 is 1.86 bits per heavy atom. The number of hydrogen-bond acceptors (Lipinski definition) is 3. The molecule has 1 saturated carbocycles. The molecule has 1 atom stereocenters. The lowest BCUT2D eigenvalue weighted by atomic mass is 9.90. The van der Waals surface area contributed by atoms with Gasteiger partial charge in [-0.1, -0.05) is 18.2 Å². The molecule has 1 N–H and O–H groups in total. The topological polar surface area (TPSA) is 44.8 Å². The third kappa shape index (κ3) is 3.85. The maximum absolute atomic E-state index is 13.7. The number of alkyl halides is 3. The van der Waals surface area contributed by atoms with Crippen molar-refractivity contribution in [2.24, 2.45) is 0 Å². The Balaban J connectivity index is 1.82. The molecule has 1 aromatic rings. The van der Waals surface area contributed by atoms with Gasteiger partial charge in [0.05, 0.1) is 30.4 Å². The van der Waals surface area contributed by atoms with Crippen LogP contribution in [0.25, 0.3) is 0 Å². The molecule has 0 radical (unpaired) electrons. The van der Waals surface area contributed by atoms with Crippen molar-refractivity contribution in [2.75, 3.05) is 26.3 Å². The normalized spacial score (nSPS) is 23.3. The van der Waals surface area contributed by atoms with Crippen LogP contribution in [0.2, 0.25) is 0 Å². The summed E-state index contributed by atoms with van der Waals surface area (Å²) in [5, 5.41) is 3.40. The van der Waals surface area contributed by atoms with Gasteiger partial charge >= 0.3 is 6.18 Å². The minimum Gasteiger partial charge on any atom is -0.378 e. The number of allylic oxidation sites excluding steroid dienone is 1. The predicted octanol–water partition coefficient (Wildman–Crippen LogP) is 3.23. The van der Waals surface area contributed by atoms with Gasteiger partial charge in [0.15, 0.2) is 5.11 Å². The summed E-state index contributed by atoms with van der Waals surface area (Å²) < 4.78 is 46.4. The number of morpholine rings is 1. The first-order chi connectivity index (χ1) is 13.8. The zero-order chi connectivity index (χ0) is 20.8. The number of benzene rings is 1. The second kappa shape index (κ2) is 7.60. The molecule has 0 aromatic heterocycles. The average molecular weight is 425 g/mol. The highest BCUT2D eigenvalue weighted by molar-refractivity contribution is 7.80. The van der Waals surface area contributed by atoms with E-state index in [9.17, 15) is 18.0 Å². The molecule has 3 aliphatic rings. The Hall–Kier alpha value is -2.13. The second-order valence-corrected chi connectivity index (χ2v) is 7.86. The average Bonchev–Trinajstić information content (AvgIpc) is 3.52. The van der Waals surface area contributed by atoms with Crippen LogP contribution in [0, 0.1) is 0 Å². The lowest BCUT2D eigenvalue weighted by Crippen LogP contribution is -2.52. The summed E-state index contributed by atoms with van der Waals surface area (Å²) in [4.78, 5) is 17.0. The van der Waals surface area contributed by atoms with Crippen molar-refractivity contribution in [3.63, 3.8) is 0 Å². The second-order valence-electron chi connectivity index (χ2n) is 7.47. The fraction of sp³-hybridized carbons (Fsp3) is 0.500. The number of ether oxygens (including phenoxy) is 1. The molecule has 1 aromatic carbocycles. The molecule has 1 unspecified atom stereocenters. The van der Waals surface area contributed by atoms with Crippen LogP contribution in [0.4, 0.5) is 13.2 Å². The molecule has 0 spiro atoms. The van der Waals surface area contributed by atoms with Crippen LogP contribution in [0.3, 0.4) is 0 Å². The van der Waals surface area contributed by atoms with Gasteiger partial charge in [0.2, 0.25) is 0 Å². The molecular weight excluding hydrogens is 403 g/mol. The molecule has 1 saturated heterocycles. The minimum atomic E-state index is -4.53. The molecule has 1 amide bonds. The first-order valence-electron chi connectivity index (χ1n) is 9.62. The summed E-state index contributed by atoms with van der Waals surface area (Å²) in [6.45, 7) is 3.44. The first-order valence-corrected chi connectivity index (χ1v) is 10.0. The maximum Gasteiger partial charge on any atom is 0.416 e. The van der Waals surface area contributed by atoms with Gasteiger partial charge in [0, 0.05) is 24.8 Å². The first kappa shape index (κ1) is 20.2. The number of amides is 1. The number of hydrogen-bond donors (Lipinski definition) is 1. The molecule has 9 heteroatoms. The largest absolute Gasteiger partial charge is 0.416 e. The fourth-order valence-corrected chi connectivity index (χ4v) is 4.39. The zero-order valence-electron chi connectivity index (χ0n) is 16.0. The highest BCUT2D eigenvalue weighted by Gasteiger charge is 2.44. The van der Waals surface area contributed by atoms with Crippen LogP contribution >= 0.6 is 12.2 Å². The van der Waals surface area contributed by atoms with Crippen LogP contribution in [0.5, 0.6) is 0 Å². The summed E-state index contributed by atoms with van der Waals surface area (Å²) in [5.74, 6) is -0.270. The van der Waals surface area contributed by atoms with Crippen molar-refractivity contribution < 1.29 is 22.7 Å². The maximum atomic E-state index is 13.7. The standard InChI is InChI=1S/C20H22F3N3O2S/c1-12-16(18(27)25-8-10-28-11-9-25)17(24-19(29)26(12)13-6-7-13)14-4-2-3-5-15(14)20(21,22)23/h2-5,13,17H,6-11H2,1H3,(H,24,29). The third-order valence-corrected chi connectivity index (χ3v) is 5.86. The van der Waals surface area contributed by atoms with Crippen molar-refractivity contribution in [1.82, 2.24) is 15.1 Å². The highest BCUT2D eigenvalue weighted by atomic mass is 32.1. The van der Waals surface area contributed by atoms with E-state index in [2.05, 4.69) is 5.32 Å². The lowest BCUT2D eigenvalue weighted by molar-refractivity contribution is -0.139. The highest BCUT2D eigenvalue weighted by Crippen LogP contribution is 2.42. The van der Waals surface area contributed by atoms with Crippen LogP contribution in [0.1, 0.15) is 36.9 Å². The third-order valence-electron chi connectivity index (χ3n) is 5.54. The van der Waals surface area contributed by atoms with Crippen LogP contribution in [0.15, 0.2) is 35.5 Å². The zero-order valence-corrected chi connectivity index (χ0v) is 16.8. The van der Waals surface area contributed by atoms with E-state index >= 15 is 0 Å². The van der Waals surface area contributed by atoms with Crippen molar-refractivity contribution in [3.05, 3.63) is 46.7 Å². The summed E-state index contributed by atoms with van der Waals surface area (Å²) in [5.41, 5.74) is 0.202. The summed E-state index contributed by atoms with van der Waals surface area (Å²) in [6.07, 6.45) is -2.64. The van der Waals surface area contributed by atoms with E-state index in [1.807, 2.05) is 4.90 Å². The van der Waals surface area contributed by atoms with E-state index in [-0.39, 0.29) is 17.5 Å². The van der Waals surface area contributed by atoms with E-state index in [0.717, 1.165) is 18.9 Å². The van der Waals surface area contributed by atoms with E-state index in [4.69, 9.17) is 17.0 Å². The predicted molar refractivity (Wildman–Crippen MR) is 105 cm³/mol. The van der Waals surface area contributed by atoms with Gasteiger partial charge in [-0.3, -0.25) is 4.79 Å². The quantitative estimate of drug-likeness (QED) is 0.754. The number of nitrogens with one attached hydrogen (secondary N) is 1. The number of rotatable bonds is 3. The molecule has 0 bridgehead atoms. The Bertz CT molecular complexity index is 861. The van der Waals surface area contributed by atoms with Crippen LogP contribution in [-0.2, 0) is 15.7 Å². The number of nitrogens with zero attached hydrogens (tertiary/aromatic N) is 2. The number of halogens is 3. The Kier molecular flexibility index (Phi) is 5.29. The van der Waals surface area contributed by atoms with Gasteiger partial charge in [-0.2, -0.15) is 13.2 Å². The molecule has 4 rings (SSSR count). The minimum absolute atomic E-state index is 0.00811. The molecule has 1 aliphatic carbocycles. The summed E-state index contributed by atoms with van der Waals surface area (Å²) >= 11 is 5.48. The Morgan fingerprint density at radius 3 is 2.48 bits per heavy atom. The van der Waals surface area contributed by atoms with E-state index in [1.54, 1.807) is 17.9 Å². The van der Waals surface area contributed by atoms with Crippen LogP contribution < -0.4 is 5.32 Å². The number of carbonyl (C=O) groups is 1. The Morgan fingerprint density at radius 1 is 1.21 bits per heavy atom. The van der Waals surface area contributed by atoms with E-state index in [0.29, 0.717) is 42.7 Å². The van der Waals surface area contributed by atoms with Gasteiger partial charge in [-0.05, 0) is 43.6 Å². The molecule has 156 valence electrons. The van der Waals surface area contributed by atoms with Crippen LogP contribution in [-0.4, -0.2) is 53.2 Å². The van der Waals surface area contributed by atoms with Gasteiger partial charge in [-0.25, -0.2) is 0 Å². The SMILES string of the molecule is CC1=C(C(=O)N2CCOCC2)C(c2ccccc2C(F)(F)F)NC(=S)N1C1CC1. The van der Waals surface area contributed by atoms with Crippen molar-refractivity contribution >= 4 is 23.2 Å². The van der Waals surface area contributed by atoms with Crippen molar-refractivity contribution in [2.45, 2.75) is 38.0 Å². The van der Waals surface area contributed by atoms with E-state index < -0.39 is 17.8 Å². The van der Waals surface area contributed by atoms with Crippen molar-refractivity contribution in [3.8, 4) is 0 Å². The van der Waals surface area contributed by atoms with Gasteiger partial charge in [0.1, 0.15) is 0 Å². The number of thiocarbonyl (C=S) groups is 1. The monoisotopic (exact) mass is 425 g/mol. The molecule has 29 heavy (non-hydrogen) atoms. The lowest BCUT2D eigenvalue weighted by Gasteiger charge is -2.40. The summed E-state index contributed by atoms with van der Waals surface area (Å²) in [7, 11) is 0. The Labute approximate surface area is 172 Å². The molecule has 2 fully saturated rings. The van der Waals surface area contributed by atoms with E-state index in [1.165, 1.54) is 12.1 Å². The van der Waals surface area contributed by atoms with Gasteiger partial charge in [0.25, 0.3) is 5.91 Å². The smallest absolute Gasteiger partial charge is 0.378 e. The van der Waals surface area contributed by atoms with Gasteiger partial charge < -0.3 is 19.9 Å². The number of carbonyl (C=O) groups excluding carboxylic acids is 1.